The normalized spacial score (nSPS) is 11.4. The van der Waals surface area contributed by atoms with Gasteiger partial charge in [0.15, 0.2) is 0 Å². The molecule has 5 aromatic carbocycles. The number of imidazole rings is 1. The van der Waals surface area contributed by atoms with Crippen molar-refractivity contribution in [3.8, 4) is 5.75 Å². The van der Waals surface area contributed by atoms with E-state index in [0.29, 0.717) is 6.61 Å². The number of benzene rings is 5. The van der Waals surface area contributed by atoms with Crippen molar-refractivity contribution in [1.29, 1.82) is 0 Å². The van der Waals surface area contributed by atoms with Gasteiger partial charge in [0, 0.05) is 6.54 Å². The molecule has 0 N–H and O–H groups in total. The SMILES string of the molecule is c1ccc(C(c2ccccc2)c2nc3ccccc3n2CCCOc2ccc3ccccc3c2)cc1. The Kier molecular flexibility index (Phi) is 6.20. The number of fused-ring (bicyclic) bond motifs is 2. The molecule has 0 aliphatic carbocycles. The van der Waals surface area contributed by atoms with Crippen LogP contribution in [0.25, 0.3) is 21.8 Å². The lowest BCUT2D eigenvalue weighted by Crippen LogP contribution is -2.13. The van der Waals surface area contributed by atoms with E-state index in [9.17, 15) is 0 Å². The molecule has 0 aliphatic heterocycles. The lowest BCUT2D eigenvalue weighted by atomic mass is 9.90. The first-order chi connectivity index (χ1) is 17.9. The first-order valence-corrected chi connectivity index (χ1v) is 12.5. The lowest BCUT2D eigenvalue weighted by molar-refractivity contribution is 0.302. The molecule has 3 heteroatoms. The van der Waals surface area contributed by atoms with Gasteiger partial charge in [0.2, 0.25) is 0 Å². The van der Waals surface area contributed by atoms with Crippen LogP contribution in [0, 0.1) is 0 Å². The molecule has 36 heavy (non-hydrogen) atoms. The Morgan fingerprint density at radius 1 is 0.639 bits per heavy atom. The number of ether oxygens (including phenoxy) is 1. The highest BCUT2D eigenvalue weighted by atomic mass is 16.5. The van der Waals surface area contributed by atoms with Gasteiger partial charge < -0.3 is 9.30 Å². The van der Waals surface area contributed by atoms with E-state index in [0.717, 1.165) is 35.6 Å². The zero-order valence-electron chi connectivity index (χ0n) is 20.1. The number of para-hydroxylation sites is 2. The fourth-order valence-corrected chi connectivity index (χ4v) is 5.00. The first kappa shape index (κ1) is 22.1. The molecule has 0 amide bonds. The van der Waals surface area contributed by atoms with Gasteiger partial charge in [-0.15, -0.1) is 0 Å². The maximum Gasteiger partial charge on any atom is 0.121 e. The molecule has 1 heterocycles. The molecule has 0 atom stereocenters. The third-order valence-electron chi connectivity index (χ3n) is 6.72. The Morgan fingerprint density at radius 3 is 2.03 bits per heavy atom. The molecule has 1 aromatic heterocycles. The van der Waals surface area contributed by atoms with E-state index < -0.39 is 0 Å². The summed E-state index contributed by atoms with van der Waals surface area (Å²) >= 11 is 0. The van der Waals surface area contributed by atoms with Crippen molar-refractivity contribution in [2.24, 2.45) is 0 Å². The van der Waals surface area contributed by atoms with Gasteiger partial charge in [0.1, 0.15) is 11.6 Å². The first-order valence-electron chi connectivity index (χ1n) is 12.5. The van der Waals surface area contributed by atoms with E-state index in [1.54, 1.807) is 0 Å². The minimum Gasteiger partial charge on any atom is -0.494 e. The van der Waals surface area contributed by atoms with Crippen molar-refractivity contribution in [2.45, 2.75) is 18.9 Å². The Balaban J connectivity index is 1.30. The van der Waals surface area contributed by atoms with Gasteiger partial charge in [-0.25, -0.2) is 4.98 Å². The molecule has 0 fully saturated rings. The van der Waals surface area contributed by atoms with Gasteiger partial charge in [-0.1, -0.05) is 103 Å². The van der Waals surface area contributed by atoms with Crippen molar-refractivity contribution in [1.82, 2.24) is 9.55 Å². The zero-order valence-corrected chi connectivity index (χ0v) is 20.1. The van der Waals surface area contributed by atoms with Crippen molar-refractivity contribution in [2.75, 3.05) is 6.61 Å². The van der Waals surface area contributed by atoms with Crippen molar-refractivity contribution in [3.05, 3.63) is 144 Å². The van der Waals surface area contributed by atoms with E-state index in [1.807, 2.05) is 0 Å². The number of aromatic nitrogens is 2. The zero-order chi connectivity index (χ0) is 24.2. The van der Waals surface area contributed by atoms with E-state index >= 15 is 0 Å². The predicted molar refractivity (Wildman–Crippen MR) is 148 cm³/mol. The van der Waals surface area contributed by atoms with Crippen LogP contribution in [-0.4, -0.2) is 16.2 Å². The van der Waals surface area contributed by atoms with E-state index in [4.69, 9.17) is 9.72 Å². The average molecular weight is 469 g/mol. The van der Waals surface area contributed by atoms with Crippen molar-refractivity contribution < 1.29 is 4.74 Å². The monoisotopic (exact) mass is 468 g/mol. The summed E-state index contributed by atoms with van der Waals surface area (Å²) < 4.78 is 8.54. The number of hydrogen-bond donors (Lipinski definition) is 0. The lowest BCUT2D eigenvalue weighted by Gasteiger charge is -2.20. The largest absolute Gasteiger partial charge is 0.494 e. The summed E-state index contributed by atoms with van der Waals surface area (Å²) in [5.41, 5.74) is 4.68. The van der Waals surface area contributed by atoms with Crippen LogP contribution in [0.1, 0.15) is 29.3 Å². The van der Waals surface area contributed by atoms with Crippen molar-refractivity contribution >= 4 is 21.8 Å². The van der Waals surface area contributed by atoms with Gasteiger partial charge in [0.25, 0.3) is 0 Å². The Labute approximate surface area is 211 Å². The molecule has 6 rings (SSSR count). The highest BCUT2D eigenvalue weighted by Gasteiger charge is 2.23. The van der Waals surface area contributed by atoms with Crippen LogP contribution in [0.15, 0.2) is 127 Å². The van der Waals surface area contributed by atoms with Crippen LogP contribution < -0.4 is 4.74 Å². The van der Waals surface area contributed by atoms with Crippen LogP contribution in [0.2, 0.25) is 0 Å². The summed E-state index contributed by atoms with van der Waals surface area (Å²) in [4.78, 5) is 5.16. The number of nitrogens with zero attached hydrogens (tertiary/aromatic N) is 2. The smallest absolute Gasteiger partial charge is 0.121 e. The number of aryl methyl sites for hydroxylation is 1. The summed E-state index contributed by atoms with van der Waals surface area (Å²) in [7, 11) is 0. The van der Waals surface area contributed by atoms with Gasteiger partial charge >= 0.3 is 0 Å². The fourth-order valence-electron chi connectivity index (χ4n) is 5.00. The summed E-state index contributed by atoms with van der Waals surface area (Å²) in [5.74, 6) is 2.04. The molecule has 0 radical (unpaired) electrons. The van der Waals surface area contributed by atoms with Crippen LogP contribution in [0.4, 0.5) is 0 Å². The number of hydrogen-bond acceptors (Lipinski definition) is 2. The molecular formula is C33H28N2O. The quantitative estimate of drug-likeness (QED) is 0.213. The van der Waals surface area contributed by atoms with Gasteiger partial charge in [-0.2, -0.15) is 0 Å². The predicted octanol–water partition coefficient (Wildman–Crippen LogP) is 7.84. The summed E-state index contributed by atoms with van der Waals surface area (Å²) in [6.45, 7) is 1.48. The third-order valence-corrected chi connectivity index (χ3v) is 6.72. The highest BCUT2D eigenvalue weighted by molar-refractivity contribution is 5.83. The maximum absolute atomic E-state index is 6.16. The standard InChI is InChI=1S/C33H28N2O/c1-3-13-26(14-4-1)32(27-15-5-2-6-16-27)33-34-30-18-9-10-19-31(30)35(33)22-11-23-36-29-21-20-25-12-7-8-17-28(25)24-29/h1-10,12-21,24,32H,11,22-23H2. The third kappa shape index (κ3) is 4.48. The molecule has 0 spiro atoms. The maximum atomic E-state index is 6.16. The second kappa shape index (κ2) is 10.1. The average Bonchev–Trinajstić information content (AvgIpc) is 3.30. The van der Waals surface area contributed by atoms with Gasteiger partial charge in [-0.05, 0) is 52.6 Å². The Morgan fingerprint density at radius 2 is 1.28 bits per heavy atom. The van der Waals surface area contributed by atoms with Gasteiger partial charge in [0.05, 0.1) is 23.6 Å². The van der Waals surface area contributed by atoms with Gasteiger partial charge in [-0.3, -0.25) is 0 Å². The molecule has 0 bridgehead atoms. The van der Waals surface area contributed by atoms with E-state index in [2.05, 4.69) is 132 Å². The van der Waals surface area contributed by atoms with Crippen LogP contribution in [0.3, 0.4) is 0 Å². The number of rotatable bonds is 8. The van der Waals surface area contributed by atoms with Crippen LogP contribution >= 0.6 is 0 Å². The van der Waals surface area contributed by atoms with Crippen molar-refractivity contribution in [3.63, 3.8) is 0 Å². The van der Waals surface area contributed by atoms with Crippen LogP contribution in [0.5, 0.6) is 5.75 Å². The molecule has 3 nitrogen and oxygen atoms in total. The topological polar surface area (TPSA) is 27.1 Å². The second-order valence-electron chi connectivity index (χ2n) is 9.08. The minimum absolute atomic E-state index is 0.0567. The molecule has 6 aromatic rings. The molecule has 0 saturated carbocycles. The molecular weight excluding hydrogens is 440 g/mol. The minimum atomic E-state index is 0.0567. The summed E-state index contributed by atoms with van der Waals surface area (Å²) in [6.07, 6.45) is 0.885. The van der Waals surface area contributed by atoms with E-state index in [1.165, 1.54) is 21.9 Å². The molecule has 176 valence electrons. The molecule has 0 unspecified atom stereocenters. The molecule has 0 aliphatic rings. The second-order valence-corrected chi connectivity index (χ2v) is 9.08. The Hall–Kier alpha value is -4.37. The highest BCUT2D eigenvalue weighted by Crippen LogP contribution is 2.33. The fraction of sp³-hybridized carbons (Fsp3) is 0.121. The summed E-state index contributed by atoms with van der Waals surface area (Å²) in [6, 6.07) is 44.5. The summed E-state index contributed by atoms with van der Waals surface area (Å²) in [5, 5.41) is 2.43. The Bertz CT molecular complexity index is 1550. The molecule has 0 saturated heterocycles. The van der Waals surface area contributed by atoms with E-state index in [-0.39, 0.29) is 5.92 Å². The van der Waals surface area contributed by atoms with Crippen LogP contribution in [-0.2, 0) is 6.54 Å².